The molecule has 0 spiro atoms. The Kier molecular flexibility index (Phi) is 6.24. The summed E-state index contributed by atoms with van der Waals surface area (Å²) in [6.45, 7) is 7.33. The fourth-order valence-electron chi connectivity index (χ4n) is 0.773. The third-order valence-electron chi connectivity index (χ3n) is 1.34. The van der Waals surface area contributed by atoms with Gasteiger partial charge in [-0.05, 0) is 12.8 Å². The quantitative estimate of drug-likeness (QED) is 0.508. The smallest absolute Gasteiger partial charge is 0.197 e. The first-order valence-corrected chi connectivity index (χ1v) is 9.63. The first-order valence-electron chi connectivity index (χ1n) is 4.60. The molecule has 0 aromatic heterocycles. The van der Waals surface area contributed by atoms with Crippen molar-refractivity contribution in [1.29, 1.82) is 0 Å². The van der Waals surface area contributed by atoms with Gasteiger partial charge in [-0.15, -0.1) is 0 Å². The molecular formula is C8H20O4P2. The zero-order valence-electron chi connectivity index (χ0n) is 9.36. The minimum atomic E-state index is -2.34. The molecule has 0 rings (SSSR count). The van der Waals surface area contributed by atoms with Crippen molar-refractivity contribution in [3.8, 4) is 0 Å². The Bertz CT molecular complexity index is 214. The highest BCUT2D eigenvalue weighted by molar-refractivity contribution is 7.57. The Morgan fingerprint density at radius 2 is 1.07 bits per heavy atom. The van der Waals surface area contributed by atoms with Crippen molar-refractivity contribution in [3.05, 3.63) is 0 Å². The van der Waals surface area contributed by atoms with Crippen LogP contribution in [0.25, 0.3) is 0 Å². The van der Waals surface area contributed by atoms with Gasteiger partial charge < -0.3 is 9.05 Å². The van der Waals surface area contributed by atoms with Crippen LogP contribution in [-0.4, -0.2) is 39.9 Å². The highest BCUT2D eigenvalue weighted by Crippen LogP contribution is 2.38. The van der Waals surface area contributed by atoms with Crippen LogP contribution in [0.5, 0.6) is 0 Å². The topological polar surface area (TPSA) is 52.6 Å². The van der Waals surface area contributed by atoms with Crippen LogP contribution in [-0.2, 0) is 18.2 Å². The molecule has 0 heterocycles. The Morgan fingerprint density at radius 1 is 0.786 bits per heavy atom. The fourth-order valence-corrected chi connectivity index (χ4v) is 1.91. The van der Waals surface area contributed by atoms with Gasteiger partial charge in [0.15, 0.2) is 14.7 Å². The van der Waals surface area contributed by atoms with Crippen molar-refractivity contribution in [2.45, 2.75) is 12.8 Å². The van der Waals surface area contributed by atoms with Gasteiger partial charge in [-0.25, -0.2) is 0 Å². The lowest BCUT2D eigenvalue weighted by Gasteiger charge is -2.09. The maximum atomic E-state index is 11.1. The molecule has 0 aromatic rings. The number of unbranched alkanes of at least 4 members (excludes halogenated alkanes) is 1. The minimum absolute atomic E-state index is 0.478. The zero-order chi connectivity index (χ0) is 11.2. The Balaban J connectivity index is 3.32. The Morgan fingerprint density at radius 3 is 1.29 bits per heavy atom. The van der Waals surface area contributed by atoms with Crippen molar-refractivity contribution in [1.82, 2.24) is 0 Å². The molecule has 0 atom stereocenters. The molecule has 0 saturated carbocycles. The monoisotopic (exact) mass is 242 g/mol. The number of rotatable bonds is 7. The second-order valence-corrected chi connectivity index (χ2v) is 9.40. The van der Waals surface area contributed by atoms with Gasteiger partial charge in [0.05, 0.1) is 13.2 Å². The largest absolute Gasteiger partial charge is 0.329 e. The Labute approximate surface area is 86.3 Å². The Hall–Kier alpha value is 0.380. The maximum absolute atomic E-state index is 11.1. The van der Waals surface area contributed by atoms with Crippen LogP contribution in [0.1, 0.15) is 12.8 Å². The highest BCUT2D eigenvalue weighted by atomic mass is 31.2. The summed E-state index contributed by atoms with van der Waals surface area (Å²) in [7, 11) is -4.68. The molecule has 0 aliphatic rings. The lowest BCUT2D eigenvalue weighted by molar-refractivity contribution is 0.271. The molecular weight excluding hydrogens is 222 g/mol. The van der Waals surface area contributed by atoms with Gasteiger partial charge in [-0.2, -0.15) is 0 Å². The molecule has 0 N–H and O–H groups in total. The van der Waals surface area contributed by atoms with E-state index in [1.165, 1.54) is 0 Å². The SMILES string of the molecule is CP(C)(=O)OCCCCOP(C)(C)=O. The van der Waals surface area contributed by atoms with Gasteiger partial charge in [-0.1, -0.05) is 0 Å². The second-order valence-electron chi connectivity index (χ2n) is 3.88. The molecule has 0 aliphatic heterocycles. The number of hydrogen-bond donors (Lipinski definition) is 0. The van der Waals surface area contributed by atoms with E-state index < -0.39 is 14.7 Å². The fraction of sp³-hybridized carbons (Fsp3) is 1.00. The molecule has 0 unspecified atom stereocenters. The standard InChI is InChI=1S/C8H20O4P2/c1-13(2,9)11-7-5-6-8-12-14(3,4)10/h5-8H2,1-4H3. The molecule has 0 bridgehead atoms. The molecule has 86 valence electrons. The number of hydrogen-bond acceptors (Lipinski definition) is 4. The molecule has 6 heteroatoms. The zero-order valence-corrected chi connectivity index (χ0v) is 11.1. The van der Waals surface area contributed by atoms with Crippen LogP contribution in [0.3, 0.4) is 0 Å². The van der Waals surface area contributed by atoms with Crippen LogP contribution < -0.4 is 0 Å². The van der Waals surface area contributed by atoms with Crippen LogP contribution in [0, 0.1) is 0 Å². The van der Waals surface area contributed by atoms with Crippen LogP contribution >= 0.6 is 14.7 Å². The van der Waals surface area contributed by atoms with Crippen molar-refractivity contribution in [2.75, 3.05) is 39.9 Å². The van der Waals surface area contributed by atoms with Gasteiger partial charge in [0.2, 0.25) is 0 Å². The van der Waals surface area contributed by atoms with E-state index in [-0.39, 0.29) is 0 Å². The predicted octanol–water partition coefficient (Wildman–Crippen LogP) is 2.88. The lowest BCUT2D eigenvalue weighted by Crippen LogP contribution is -1.96. The summed E-state index contributed by atoms with van der Waals surface area (Å²) in [5.74, 6) is 0. The average molecular weight is 242 g/mol. The highest BCUT2D eigenvalue weighted by Gasteiger charge is 2.07. The summed E-state index contributed by atoms with van der Waals surface area (Å²) in [5, 5.41) is 0. The third kappa shape index (κ3) is 12.4. The van der Waals surface area contributed by atoms with Crippen LogP contribution in [0.4, 0.5) is 0 Å². The van der Waals surface area contributed by atoms with Crippen molar-refractivity contribution in [2.24, 2.45) is 0 Å². The summed E-state index contributed by atoms with van der Waals surface area (Å²) in [4.78, 5) is 0. The van der Waals surface area contributed by atoms with E-state index in [1.807, 2.05) is 0 Å². The van der Waals surface area contributed by atoms with E-state index in [0.717, 1.165) is 12.8 Å². The van der Waals surface area contributed by atoms with Crippen LogP contribution in [0.15, 0.2) is 0 Å². The molecule has 14 heavy (non-hydrogen) atoms. The van der Waals surface area contributed by atoms with Gasteiger partial charge in [0.25, 0.3) is 0 Å². The molecule has 0 aromatic carbocycles. The molecule has 0 saturated heterocycles. The van der Waals surface area contributed by atoms with Gasteiger partial charge in [0, 0.05) is 26.7 Å². The molecule has 0 radical (unpaired) electrons. The van der Waals surface area contributed by atoms with Gasteiger partial charge >= 0.3 is 0 Å². The normalized spacial score (nSPS) is 13.1. The van der Waals surface area contributed by atoms with Gasteiger partial charge in [0.1, 0.15) is 0 Å². The summed E-state index contributed by atoms with van der Waals surface area (Å²) in [5.41, 5.74) is 0. The minimum Gasteiger partial charge on any atom is -0.329 e. The average Bonchev–Trinajstić information content (AvgIpc) is 1.92. The summed E-state index contributed by atoms with van der Waals surface area (Å²) in [6, 6.07) is 0. The first kappa shape index (κ1) is 14.4. The van der Waals surface area contributed by atoms with Crippen molar-refractivity contribution < 1.29 is 18.2 Å². The molecule has 4 nitrogen and oxygen atoms in total. The van der Waals surface area contributed by atoms with E-state index in [2.05, 4.69) is 0 Å². The summed E-state index contributed by atoms with van der Waals surface area (Å²) >= 11 is 0. The predicted molar refractivity (Wildman–Crippen MR) is 60.0 cm³/mol. The maximum Gasteiger partial charge on any atom is 0.197 e. The van der Waals surface area contributed by atoms with E-state index in [9.17, 15) is 9.13 Å². The molecule has 0 fully saturated rings. The van der Waals surface area contributed by atoms with E-state index in [0.29, 0.717) is 13.2 Å². The van der Waals surface area contributed by atoms with E-state index in [1.54, 1.807) is 26.7 Å². The first-order chi connectivity index (χ1) is 6.21. The third-order valence-corrected chi connectivity index (χ3v) is 2.95. The summed E-state index contributed by atoms with van der Waals surface area (Å²) < 4.78 is 32.4. The van der Waals surface area contributed by atoms with Crippen molar-refractivity contribution in [3.63, 3.8) is 0 Å². The second kappa shape index (κ2) is 6.07. The van der Waals surface area contributed by atoms with E-state index in [4.69, 9.17) is 9.05 Å². The molecule has 0 amide bonds. The van der Waals surface area contributed by atoms with E-state index >= 15 is 0 Å². The van der Waals surface area contributed by atoms with Gasteiger partial charge in [-0.3, -0.25) is 9.13 Å². The lowest BCUT2D eigenvalue weighted by atomic mass is 10.3. The van der Waals surface area contributed by atoms with Crippen molar-refractivity contribution >= 4 is 14.7 Å². The summed E-state index contributed by atoms with van der Waals surface area (Å²) in [6.07, 6.45) is 1.57. The molecule has 0 aliphatic carbocycles. The van der Waals surface area contributed by atoms with Crippen LogP contribution in [0.2, 0.25) is 0 Å².